The topological polar surface area (TPSA) is 59.7 Å². The van der Waals surface area contributed by atoms with E-state index >= 15 is 0 Å². The van der Waals surface area contributed by atoms with Gasteiger partial charge in [0.2, 0.25) is 0 Å². The molecular weight excluding hydrogens is 356 g/mol. The average molecular weight is 376 g/mol. The predicted octanol–water partition coefficient (Wildman–Crippen LogP) is 3.67. The van der Waals surface area contributed by atoms with Crippen LogP contribution in [0.4, 0.5) is 5.82 Å². The number of thiophene rings is 1. The van der Waals surface area contributed by atoms with Crippen LogP contribution in [-0.4, -0.2) is 31.3 Å². The van der Waals surface area contributed by atoms with Gasteiger partial charge in [-0.15, -0.1) is 11.3 Å². The Kier molecular flexibility index (Phi) is 3.72. The average Bonchev–Trinajstić information content (AvgIpc) is 3.22. The van der Waals surface area contributed by atoms with Gasteiger partial charge < -0.3 is 4.90 Å². The Labute approximate surface area is 161 Å². The maximum Gasteiger partial charge on any atom is 0.150 e. The lowest BCUT2D eigenvalue weighted by molar-refractivity contribution is 0.705. The van der Waals surface area contributed by atoms with Gasteiger partial charge in [-0.05, 0) is 36.4 Å². The summed E-state index contributed by atoms with van der Waals surface area (Å²) in [5.41, 5.74) is 8.02. The van der Waals surface area contributed by atoms with E-state index in [-0.39, 0.29) is 0 Å². The predicted molar refractivity (Wildman–Crippen MR) is 108 cm³/mol. The summed E-state index contributed by atoms with van der Waals surface area (Å²) in [4.78, 5) is 16.2. The standard InChI is InChI=1S/C20H20N6S/c1-12-10-27-19-18(12)22-11-23-20(19)26-5-4-17-15(8-26)6-14(7-21-17)16-9-25(3)24-13(16)2/h6-7,9-11H,4-5,8H2,1-3H3. The molecule has 136 valence electrons. The molecule has 0 atom stereocenters. The van der Waals surface area contributed by atoms with Gasteiger partial charge in [-0.25, -0.2) is 9.97 Å². The number of hydrogen-bond acceptors (Lipinski definition) is 6. The van der Waals surface area contributed by atoms with Crippen LogP contribution in [0.5, 0.6) is 0 Å². The third-order valence-corrected chi connectivity index (χ3v) is 6.26. The van der Waals surface area contributed by atoms with Crippen molar-refractivity contribution in [1.29, 1.82) is 0 Å². The Morgan fingerprint density at radius 1 is 1.15 bits per heavy atom. The van der Waals surface area contributed by atoms with Gasteiger partial charge in [0.05, 0.1) is 15.9 Å². The number of aromatic nitrogens is 5. The van der Waals surface area contributed by atoms with E-state index in [1.165, 1.54) is 21.5 Å². The van der Waals surface area contributed by atoms with Crippen LogP contribution >= 0.6 is 11.3 Å². The summed E-state index contributed by atoms with van der Waals surface area (Å²) < 4.78 is 3.03. The van der Waals surface area contributed by atoms with Gasteiger partial charge in [-0.3, -0.25) is 9.67 Å². The number of aryl methyl sites for hydroxylation is 3. The van der Waals surface area contributed by atoms with Gasteiger partial charge in [-0.2, -0.15) is 5.10 Å². The molecule has 5 rings (SSSR count). The van der Waals surface area contributed by atoms with Crippen molar-refractivity contribution in [3.05, 3.63) is 52.7 Å². The lowest BCUT2D eigenvalue weighted by Gasteiger charge is -2.29. The zero-order chi connectivity index (χ0) is 18.5. The van der Waals surface area contributed by atoms with E-state index < -0.39 is 0 Å². The molecule has 0 fully saturated rings. The molecule has 0 bridgehead atoms. The summed E-state index contributed by atoms with van der Waals surface area (Å²) in [7, 11) is 1.95. The van der Waals surface area contributed by atoms with Crippen LogP contribution in [0.2, 0.25) is 0 Å². The molecule has 6 nitrogen and oxygen atoms in total. The Morgan fingerprint density at radius 3 is 2.85 bits per heavy atom. The maximum absolute atomic E-state index is 4.75. The van der Waals surface area contributed by atoms with Crippen molar-refractivity contribution in [2.24, 2.45) is 7.05 Å². The van der Waals surface area contributed by atoms with E-state index in [0.717, 1.165) is 47.7 Å². The van der Waals surface area contributed by atoms with E-state index in [1.54, 1.807) is 17.7 Å². The summed E-state index contributed by atoms with van der Waals surface area (Å²) in [5.74, 6) is 1.03. The second kappa shape index (κ2) is 6.13. The molecule has 0 saturated heterocycles. The molecule has 0 saturated carbocycles. The van der Waals surface area contributed by atoms with Gasteiger partial charge in [0.1, 0.15) is 12.1 Å². The molecule has 0 unspecified atom stereocenters. The van der Waals surface area contributed by atoms with Crippen LogP contribution in [0.3, 0.4) is 0 Å². The third-order valence-electron chi connectivity index (χ3n) is 5.18. The molecule has 0 aliphatic carbocycles. The molecule has 1 aliphatic rings. The zero-order valence-electron chi connectivity index (χ0n) is 15.6. The zero-order valence-corrected chi connectivity index (χ0v) is 16.4. The molecule has 7 heteroatoms. The largest absolute Gasteiger partial charge is 0.351 e. The second-order valence-corrected chi connectivity index (χ2v) is 7.98. The number of fused-ring (bicyclic) bond motifs is 2. The number of anilines is 1. The molecule has 0 N–H and O–H groups in total. The third kappa shape index (κ3) is 2.70. The minimum atomic E-state index is 0.818. The van der Waals surface area contributed by atoms with Crippen molar-refractivity contribution in [2.75, 3.05) is 11.4 Å². The summed E-state index contributed by atoms with van der Waals surface area (Å²) in [6.07, 6.45) is 6.64. The van der Waals surface area contributed by atoms with Crippen LogP contribution in [0.1, 0.15) is 22.5 Å². The van der Waals surface area contributed by atoms with E-state index in [2.05, 4.69) is 44.5 Å². The molecule has 1 aliphatic heterocycles. The minimum Gasteiger partial charge on any atom is -0.351 e. The fourth-order valence-electron chi connectivity index (χ4n) is 3.82. The Hall–Kier alpha value is -2.80. The summed E-state index contributed by atoms with van der Waals surface area (Å²) in [5, 5.41) is 6.62. The second-order valence-electron chi connectivity index (χ2n) is 7.10. The van der Waals surface area contributed by atoms with Crippen molar-refractivity contribution in [2.45, 2.75) is 26.8 Å². The number of rotatable bonds is 2. The van der Waals surface area contributed by atoms with E-state index in [4.69, 9.17) is 4.98 Å². The van der Waals surface area contributed by atoms with Crippen molar-refractivity contribution in [3.8, 4) is 11.1 Å². The maximum atomic E-state index is 4.75. The highest BCUT2D eigenvalue weighted by Gasteiger charge is 2.22. The molecule has 0 aromatic carbocycles. The van der Waals surface area contributed by atoms with E-state index in [9.17, 15) is 0 Å². The van der Waals surface area contributed by atoms with Gasteiger partial charge in [0.15, 0.2) is 0 Å². The fraction of sp³-hybridized carbons (Fsp3) is 0.300. The first kappa shape index (κ1) is 16.4. The smallest absolute Gasteiger partial charge is 0.150 e. The molecule has 4 aromatic rings. The molecule has 4 aromatic heterocycles. The van der Waals surface area contributed by atoms with E-state index in [1.807, 2.05) is 24.9 Å². The SMILES string of the molecule is Cc1nn(C)cc1-c1cnc2c(c1)CN(c1ncnc3c(C)csc13)CC2. The van der Waals surface area contributed by atoms with Gasteiger partial charge in [0, 0.05) is 55.8 Å². The minimum absolute atomic E-state index is 0.818. The quantitative estimate of drug-likeness (QED) is 0.534. The molecule has 27 heavy (non-hydrogen) atoms. The van der Waals surface area contributed by atoms with Crippen molar-refractivity contribution in [3.63, 3.8) is 0 Å². The Balaban J connectivity index is 1.53. The summed E-state index contributed by atoms with van der Waals surface area (Å²) >= 11 is 1.73. The molecule has 0 spiro atoms. The number of pyridine rings is 1. The highest BCUT2D eigenvalue weighted by atomic mass is 32.1. The van der Waals surface area contributed by atoms with Crippen LogP contribution in [0, 0.1) is 13.8 Å². The highest BCUT2D eigenvalue weighted by Crippen LogP contribution is 2.34. The number of hydrogen-bond donors (Lipinski definition) is 0. The lowest BCUT2D eigenvalue weighted by Crippen LogP contribution is -2.31. The van der Waals surface area contributed by atoms with Gasteiger partial charge in [-0.1, -0.05) is 0 Å². The van der Waals surface area contributed by atoms with Crippen LogP contribution in [0.15, 0.2) is 30.2 Å². The molecule has 5 heterocycles. The van der Waals surface area contributed by atoms with Gasteiger partial charge in [0.25, 0.3) is 0 Å². The van der Waals surface area contributed by atoms with E-state index in [0.29, 0.717) is 0 Å². The van der Waals surface area contributed by atoms with Crippen molar-refractivity contribution >= 4 is 27.4 Å². The normalized spacial score (nSPS) is 14.0. The van der Waals surface area contributed by atoms with Crippen LogP contribution < -0.4 is 4.90 Å². The van der Waals surface area contributed by atoms with Crippen LogP contribution in [-0.2, 0) is 20.0 Å². The Morgan fingerprint density at radius 2 is 2.04 bits per heavy atom. The number of nitrogens with zero attached hydrogens (tertiary/aromatic N) is 6. The first-order valence-corrected chi connectivity index (χ1v) is 9.90. The summed E-state index contributed by atoms with van der Waals surface area (Å²) in [6, 6.07) is 2.26. The Bertz CT molecular complexity index is 1160. The highest BCUT2D eigenvalue weighted by molar-refractivity contribution is 7.18. The first-order chi connectivity index (χ1) is 13.1. The fourth-order valence-corrected chi connectivity index (χ4v) is 4.84. The monoisotopic (exact) mass is 376 g/mol. The molecular formula is C20H20N6S. The van der Waals surface area contributed by atoms with Gasteiger partial charge >= 0.3 is 0 Å². The van der Waals surface area contributed by atoms with Crippen molar-refractivity contribution in [1.82, 2.24) is 24.7 Å². The van der Waals surface area contributed by atoms with Crippen molar-refractivity contribution < 1.29 is 0 Å². The summed E-state index contributed by atoms with van der Waals surface area (Å²) in [6.45, 7) is 5.89. The molecule has 0 amide bonds. The van der Waals surface area contributed by atoms with Crippen LogP contribution in [0.25, 0.3) is 21.3 Å². The first-order valence-electron chi connectivity index (χ1n) is 9.02. The molecule has 0 radical (unpaired) electrons. The lowest BCUT2D eigenvalue weighted by atomic mass is 10.0.